The van der Waals surface area contributed by atoms with E-state index in [0.717, 1.165) is 49.0 Å². The molecule has 0 spiro atoms. The number of hydrogen-bond acceptors (Lipinski definition) is 7. The Morgan fingerprint density at radius 2 is 1.68 bits per heavy atom. The minimum absolute atomic E-state index is 0.0897. The number of anilines is 1. The molecule has 164 valence electrons. The highest BCUT2D eigenvalue weighted by Gasteiger charge is 2.30. The van der Waals surface area contributed by atoms with E-state index in [1.807, 2.05) is 28.9 Å². The van der Waals surface area contributed by atoms with Gasteiger partial charge >= 0.3 is 0 Å². The Morgan fingerprint density at radius 1 is 0.968 bits per heavy atom. The molecule has 1 atom stereocenters. The number of rotatable bonds is 8. The molecule has 2 heterocycles. The van der Waals surface area contributed by atoms with Gasteiger partial charge in [-0.05, 0) is 52.4 Å². The molecule has 3 aromatic rings. The third-order valence-corrected chi connectivity index (χ3v) is 5.61. The number of benzene rings is 2. The Kier molecular flexibility index (Phi) is 6.73. The second-order valence-corrected chi connectivity index (χ2v) is 7.43. The molecule has 1 aliphatic heterocycles. The second kappa shape index (κ2) is 9.84. The lowest BCUT2D eigenvalue weighted by molar-refractivity contribution is 0.171. The van der Waals surface area contributed by atoms with Crippen molar-refractivity contribution in [2.24, 2.45) is 0 Å². The van der Waals surface area contributed by atoms with Crippen molar-refractivity contribution in [3.05, 3.63) is 65.7 Å². The molecule has 0 radical (unpaired) electrons. The van der Waals surface area contributed by atoms with Gasteiger partial charge in [-0.2, -0.15) is 0 Å². The number of nitrogens with zero attached hydrogens (tertiary/aromatic N) is 6. The van der Waals surface area contributed by atoms with Gasteiger partial charge in [-0.25, -0.2) is 9.07 Å². The molecular weight excluding hydrogens is 399 g/mol. The van der Waals surface area contributed by atoms with Crippen LogP contribution in [0, 0.1) is 5.82 Å². The number of piperazine rings is 1. The van der Waals surface area contributed by atoms with Crippen LogP contribution in [-0.2, 0) is 11.3 Å². The zero-order valence-electron chi connectivity index (χ0n) is 17.8. The predicted octanol–water partition coefficient (Wildman–Crippen LogP) is 2.38. The van der Waals surface area contributed by atoms with Gasteiger partial charge in [0.2, 0.25) is 0 Å². The van der Waals surface area contributed by atoms with Crippen LogP contribution < -0.4 is 9.64 Å². The summed E-state index contributed by atoms with van der Waals surface area (Å²) in [5, 5.41) is 12.5. The number of halogens is 1. The summed E-state index contributed by atoms with van der Waals surface area (Å²) in [4.78, 5) is 4.66. The average molecular weight is 426 g/mol. The highest BCUT2D eigenvalue weighted by atomic mass is 19.1. The molecule has 9 heteroatoms. The summed E-state index contributed by atoms with van der Waals surface area (Å²) in [6.07, 6.45) is 0. The first-order valence-corrected chi connectivity index (χ1v) is 10.3. The van der Waals surface area contributed by atoms with Crippen molar-refractivity contribution in [3.63, 3.8) is 0 Å². The normalized spacial score (nSPS) is 15.8. The van der Waals surface area contributed by atoms with Crippen LogP contribution in [0.25, 0.3) is 0 Å². The van der Waals surface area contributed by atoms with E-state index < -0.39 is 0 Å². The lowest BCUT2D eigenvalue weighted by Crippen LogP contribution is -2.48. The summed E-state index contributed by atoms with van der Waals surface area (Å²) in [6, 6.07) is 14.6. The van der Waals surface area contributed by atoms with E-state index in [4.69, 9.17) is 9.47 Å². The van der Waals surface area contributed by atoms with Crippen molar-refractivity contribution in [1.29, 1.82) is 0 Å². The number of methoxy groups -OCH3 is 2. The van der Waals surface area contributed by atoms with Gasteiger partial charge in [0.15, 0.2) is 5.82 Å². The van der Waals surface area contributed by atoms with Crippen LogP contribution in [0.4, 0.5) is 10.1 Å². The molecular formula is C22H27FN6O2. The van der Waals surface area contributed by atoms with Gasteiger partial charge in [-0.1, -0.05) is 12.1 Å². The first kappa shape index (κ1) is 21.2. The summed E-state index contributed by atoms with van der Waals surface area (Å²) < 4.78 is 25.6. The minimum atomic E-state index is -0.218. The largest absolute Gasteiger partial charge is 0.497 e. The van der Waals surface area contributed by atoms with Gasteiger partial charge < -0.3 is 14.4 Å². The van der Waals surface area contributed by atoms with Crippen LogP contribution in [0.3, 0.4) is 0 Å². The highest BCUT2D eigenvalue weighted by molar-refractivity contribution is 5.46. The quantitative estimate of drug-likeness (QED) is 0.548. The fraction of sp³-hybridized carbons (Fsp3) is 0.409. The second-order valence-electron chi connectivity index (χ2n) is 7.43. The van der Waals surface area contributed by atoms with E-state index in [1.54, 1.807) is 14.2 Å². The number of hydrogen-bond donors (Lipinski definition) is 0. The average Bonchev–Trinajstić information content (AvgIpc) is 3.27. The molecule has 1 fully saturated rings. The third kappa shape index (κ3) is 4.83. The van der Waals surface area contributed by atoms with Gasteiger partial charge in [0.05, 0.1) is 26.3 Å². The standard InChI is InChI=1S/C22H27FN6O2/c1-30-16-15-29-22(24-25-26-29)21(17-3-9-20(31-2)10-4-17)28-13-11-27(12-14-28)19-7-5-18(23)6-8-19/h3-10,21H,11-16H2,1-2H3/t21-/m0/s1. The Labute approximate surface area is 181 Å². The van der Waals surface area contributed by atoms with E-state index in [9.17, 15) is 4.39 Å². The topological polar surface area (TPSA) is 68.5 Å². The Balaban J connectivity index is 1.57. The molecule has 0 saturated carbocycles. The SMILES string of the molecule is COCCn1nnnc1[C@H](c1ccc(OC)cc1)N1CCN(c2ccc(F)cc2)CC1. The van der Waals surface area contributed by atoms with Crippen LogP contribution in [0.15, 0.2) is 48.5 Å². The van der Waals surface area contributed by atoms with E-state index in [2.05, 4.69) is 37.5 Å². The predicted molar refractivity (Wildman–Crippen MR) is 115 cm³/mol. The van der Waals surface area contributed by atoms with Crippen molar-refractivity contribution in [2.45, 2.75) is 12.6 Å². The van der Waals surface area contributed by atoms with Gasteiger partial charge in [0, 0.05) is 39.0 Å². The molecule has 4 rings (SSSR count). The van der Waals surface area contributed by atoms with Gasteiger partial charge in [0.25, 0.3) is 0 Å². The molecule has 1 saturated heterocycles. The number of aromatic nitrogens is 4. The molecule has 0 aliphatic carbocycles. The maximum Gasteiger partial charge on any atom is 0.173 e. The molecule has 8 nitrogen and oxygen atoms in total. The number of ether oxygens (including phenoxy) is 2. The molecule has 0 unspecified atom stereocenters. The fourth-order valence-electron chi connectivity index (χ4n) is 3.94. The first-order valence-electron chi connectivity index (χ1n) is 10.3. The monoisotopic (exact) mass is 426 g/mol. The van der Waals surface area contributed by atoms with Crippen molar-refractivity contribution < 1.29 is 13.9 Å². The third-order valence-electron chi connectivity index (χ3n) is 5.61. The molecule has 1 aliphatic rings. The summed E-state index contributed by atoms with van der Waals surface area (Å²) in [7, 11) is 3.33. The minimum Gasteiger partial charge on any atom is -0.497 e. The van der Waals surface area contributed by atoms with Crippen LogP contribution in [-0.4, -0.2) is 72.1 Å². The number of tetrazole rings is 1. The summed E-state index contributed by atoms with van der Waals surface area (Å²) in [5.41, 5.74) is 2.14. The Hall–Kier alpha value is -3.04. The zero-order valence-corrected chi connectivity index (χ0v) is 17.8. The summed E-state index contributed by atoms with van der Waals surface area (Å²) in [6.45, 7) is 4.43. The molecule has 2 aromatic carbocycles. The van der Waals surface area contributed by atoms with Crippen molar-refractivity contribution in [3.8, 4) is 5.75 Å². The zero-order chi connectivity index (χ0) is 21.6. The van der Waals surface area contributed by atoms with E-state index in [-0.39, 0.29) is 11.9 Å². The van der Waals surface area contributed by atoms with Crippen LogP contribution in [0.5, 0.6) is 5.75 Å². The van der Waals surface area contributed by atoms with Crippen molar-refractivity contribution in [1.82, 2.24) is 25.1 Å². The molecule has 1 aromatic heterocycles. The van der Waals surface area contributed by atoms with Crippen molar-refractivity contribution >= 4 is 5.69 Å². The Morgan fingerprint density at radius 3 is 2.32 bits per heavy atom. The molecule has 0 amide bonds. The van der Waals surface area contributed by atoms with Crippen molar-refractivity contribution in [2.75, 3.05) is 51.9 Å². The molecule has 0 N–H and O–H groups in total. The summed E-state index contributed by atoms with van der Waals surface area (Å²) in [5.74, 6) is 1.38. The molecule has 0 bridgehead atoms. The van der Waals surface area contributed by atoms with Gasteiger partial charge in [-0.15, -0.1) is 5.10 Å². The van der Waals surface area contributed by atoms with E-state index in [0.29, 0.717) is 13.2 Å². The van der Waals surface area contributed by atoms with E-state index in [1.165, 1.54) is 12.1 Å². The first-order chi connectivity index (χ1) is 15.2. The lowest BCUT2D eigenvalue weighted by atomic mass is 10.0. The van der Waals surface area contributed by atoms with Gasteiger partial charge in [0.1, 0.15) is 11.6 Å². The van der Waals surface area contributed by atoms with E-state index >= 15 is 0 Å². The maximum absolute atomic E-state index is 13.3. The Bertz CT molecular complexity index is 955. The maximum atomic E-state index is 13.3. The van der Waals surface area contributed by atoms with Crippen LogP contribution >= 0.6 is 0 Å². The fourth-order valence-corrected chi connectivity index (χ4v) is 3.94. The summed E-state index contributed by atoms with van der Waals surface area (Å²) >= 11 is 0. The van der Waals surface area contributed by atoms with Crippen LogP contribution in [0.1, 0.15) is 17.4 Å². The van der Waals surface area contributed by atoms with Crippen LogP contribution in [0.2, 0.25) is 0 Å². The molecule has 31 heavy (non-hydrogen) atoms. The lowest BCUT2D eigenvalue weighted by Gasteiger charge is -2.40. The smallest absolute Gasteiger partial charge is 0.173 e. The van der Waals surface area contributed by atoms with Gasteiger partial charge in [-0.3, -0.25) is 4.90 Å². The highest BCUT2D eigenvalue weighted by Crippen LogP contribution is 2.30.